The molecule has 0 aromatic carbocycles. The molecule has 3 rings (SSSR count). The van der Waals surface area contributed by atoms with Crippen LogP contribution in [-0.4, -0.2) is 54.3 Å². The van der Waals surface area contributed by atoms with Crippen LogP contribution in [0.1, 0.15) is 37.0 Å². The molecular formula is C17H25N3O2S. The second kappa shape index (κ2) is 7.01. The van der Waals surface area contributed by atoms with E-state index in [2.05, 4.69) is 17.5 Å². The van der Waals surface area contributed by atoms with E-state index in [1.165, 1.54) is 11.3 Å². The van der Waals surface area contributed by atoms with Crippen LogP contribution in [0.25, 0.3) is 0 Å². The molecule has 2 amide bonds. The van der Waals surface area contributed by atoms with Gasteiger partial charge in [0.05, 0.1) is 12.0 Å². The van der Waals surface area contributed by atoms with Gasteiger partial charge in [0.15, 0.2) is 0 Å². The van der Waals surface area contributed by atoms with Gasteiger partial charge in [-0.2, -0.15) is 0 Å². The van der Waals surface area contributed by atoms with Crippen LogP contribution in [0.4, 0.5) is 0 Å². The van der Waals surface area contributed by atoms with Crippen LogP contribution in [0.15, 0.2) is 17.5 Å². The number of nitrogens with zero attached hydrogens (tertiary/aromatic N) is 2. The van der Waals surface area contributed by atoms with Crippen molar-refractivity contribution in [1.82, 2.24) is 9.80 Å². The molecule has 0 atom stereocenters. The summed E-state index contributed by atoms with van der Waals surface area (Å²) in [5, 5.41) is 2.07. The molecule has 1 aliphatic carbocycles. The quantitative estimate of drug-likeness (QED) is 0.908. The Morgan fingerprint density at radius 1 is 1.13 bits per heavy atom. The Labute approximate surface area is 141 Å². The van der Waals surface area contributed by atoms with E-state index in [1.807, 2.05) is 9.80 Å². The summed E-state index contributed by atoms with van der Waals surface area (Å²) >= 11 is 1.71. The van der Waals surface area contributed by atoms with E-state index in [4.69, 9.17) is 5.73 Å². The highest BCUT2D eigenvalue weighted by Gasteiger charge is 2.44. The van der Waals surface area contributed by atoms with Crippen molar-refractivity contribution in [2.24, 2.45) is 5.73 Å². The number of primary amides is 1. The van der Waals surface area contributed by atoms with Crippen molar-refractivity contribution in [2.75, 3.05) is 32.7 Å². The Hall–Kier alpha value is -1.40. The molecule has 5 nitrogen and oxygen atoms in total. The first-order valence-electron chi connectivity index (χ1n) is 8.46. The van der Waals surface area contributed by atoms with Crippen molar-refractivity contribution in [2.45, 2.75) is 37.5 Å². The van der Waals surface area contributed by atoms with Crippen molar-refractivity contribution < 1.29 is 9.59 Å². The molecule has 1 aromatic rings. The van der Waals surface area contributed by atoms with Gasteiger partial charge in [-0.25, -0.2) is 0 Å². The molecule has 2 aliphatic rings. The lowest BCUT2D eigenvalue weighted by molar-refractivity contribution is -0.140. The molecule has 6 heteroatoms. The second-order valence-electron chi connectivity index (χ2n) is 6.65. The van der Waals surface area contributed by atoms with Crippen molar-refractivity contribution in [3.8, 4) is 0 Å². The second-order valence-corrected chi connectivity index (χ2v) is 7.60. The average molecular weight is 335 g/mol. The normalized spacial score (nSPS) is 22.0. The summed E-state index contributed by atoms with van der Waals surface area (Å²) in [5.74, 6) is -0.00881. The van der Waals surface area contributed by atoms with E-state index in [0.717, 1.165) is 38.8 Å². The van der Waals surface area contributed by atoms with Crippen LogP contribution in [0, 0.1) is 0 Å². The number of hydrogen-bond acceptors (Lipinski definition) is 4. The number of carbonyl (C=O) groups is 2. The van der Waals surface area contributed by atoms with Gasteiger partial charge in [0.25, 0.3) is 0 Å². The Balaban J connectivity index is 1.71. The molecule has 1 aliphatic heterocycles. The summed E-state index contributed by atoms with van der Waals surface area (Å²) in [6.07, 6.45) is 5.42. The Morgan fingerprint density at radius 3 is 2.39 bits per heavy atom. The van der Waals surface area contributed by atoms with Gasteiger partial charge in [-0.15, -0.1) is 11.3 Å². The van der Waals surface area contributed by atoms with Crippen LogP contribution in [0.5, 0.6) is 0 Å². The average Bonchev–Trinajstić information content (AvgIpc) is 3.10. The summed E-state index contributed by atoms with van der Waals surface area (Å²) in [6, 6.07) is 4.17. The molecular weight excluding hydrogens is 310 g/mol. The first kappa shape index (κ1) is 16.5. The maximum absolute atomic E-state index is 13.3. The predicted octanol–water partition coefficient (Wildman–Crippen LogP) is 1.58. The molecule has 1 saturated carbocycles. The fourth-order valence-electron chi connectivity index (χ4n) is 3.90. The van der Waals surface area contributed by atoms with Crippen molar-refractivity contribution in [3.63, 3.8) is 0 Å². The highest BCUT2D eigenvalue weighted by Crippen LogP contribution is 2.43. The third kappa shape index (κ3) is 3.43. The minimum absolute atomic E-state index is 0.290. The molecule has 126 valence electrons. The molecule has 1 aromatic heterocycles. The Morgan fingerprint density at radius 2 is 1.83 bits per heavy atom. The lowest BCUT2D eigenvalue weighted by Gasteiger charge is -2.42. The van der Waals surface area contributed by atoms with Gasteiger partial charge in [0.2, 0.25) is 11.8 Å². The van der Waals surface area contributed by atoms with Crippen LogP contribution in [0.3, 0.4) is 0 Å². The summed E-state index contributed by atoms with van der Waals surface area (Å²) in [5.41, 5.74) is 4.95. The van der Waals surface area contributed by atoms with E-state index in [9.17, 15) is 9.59 Å². The topological polar surface area (TPSA) is 66.6 Å². The largest absolute Gasteiger partial charge is 0.369 e. The lowest BCUT2D eigenvalue weighted by Crippen LogP contribution is -2.55. The lowest BCUT2D eigenvalue weighted by atomic mass is 9.72. The highest BCUT2D eigenvalue weighted by molar-refractivity contribution is 7.10. The third-order valence-electron chi connectivity index (χ3n) is 5.15. The van der Waals surface area contributed by atoms with Crippen LogP contribution in [-0.2, 0) is 15.0 Å². The smallest absolute Gasteiger partial charge is 0.234 e. The first-order valence-corrected chi connectivity index (χ1v) is 9.34. The van der Waals surface area contributed by atoms with Crippen molar-refractivity contribution >= 4 is 23.2 Å². The van der Waals surface area contributed by atoms with Gasteiger partial charge in [-0.1, -0.05) is 25.3 Å². The minimum Gasteiger partial charge on any atom is -0.369 e. The molecule has 2 heterocycles. The number of nitrogens with two attached hydrogens (primary N) is 1. The molecule has 1 saturated heterocycles. The molecule has 2 fully saturated rings. The summed E-state index contributed by atoms with van der Waals surface area (Å²) in [6.45, 7) is 3.14. The molecule has 0 unspecified atom stereocenters. The number of carbonyl (C=O) groups excluding carboxylic acids is 2. The van der Waals surface area contributed by atoms with E-state index in [-0.39, 0.29) is 17.9 Å². The van der Waals surface area contributed by atoms with Crippen LogP contribution >= 0.6 is 11.3 Å². The highest BCUT2D eigenvalue weighted by atomic mass is 32.1. The predicted molar refractivity (Wildman–Crippen MR) is 91.3 cm³/mol. The van der Waals surface area contributed by atoms with Gasteiger partial charge in [0, 0.05) is 31.1 Å². The van der Waals surface area contributed by atoms with E-state index in [0.29, 0.717) is 19.0 Å². The molecule has 23 heavy (non-hydrogen) atoms. The summed E-state index contributed by atoms with van der Waals surface area (Å²) < 4.78 is 0. The van der Waals surface area contributed by atoms with Gasteiger partial charge < -0.3 is 10.6 Å². The fraction of sp³-hybridized carbons (Fsp3) is 0.647. The number of piperazine rings is 1. The maximum Gasteiger partial charge on any atom is 0.234 e. The van der Waals surface area contributed by atoms with Crippen LogP contribution in [0.2, 0.25) is 0 Å². The molecule has 0 spiro atoms. The van der Waals surface area contributed by atoms with E-state index >= 15 is 0 Å². The first-order chi connectivity index (χ1) is 11.1. The number of amides is 2. The van der Waals surface area contributed by atoms with Crippen LogP contribution < -0.4 is 5.73 Å². The fourth-order valence-corrected chi connectivity index (χ4v) is 4.88. The SMILES string of the molecule is NC(=O)CN1CCN(C(=O)C2(c3cccs3)CCCCC2)CC1. The monoisotopic (exact) mass is 335 g/mol. The summed E-state index contributed by atoms with van der Waals surface area (Å²) in [7, 11) is 0. The number of rotatable bonds is 4. The third-order valence-corrected chi connectivity index (χ3v) is 6.22. The maximum atomic E-state index is 13.3. The zero-order valence-electron chi connectivity index (χ0n) is 13.5. The van der Waals surface area contributed by atoms with Crippen molar-refractivity contribution in [3.05, 3.63) is 22.4 Å². The standard InChI is InChI=1S/C17H25N3O2S/c18-15(21)13-19-8-10-20(11-9-19)16(22)17(6-2-1-3-7-17)14-5-4-12-23-14/h4-5,12H,1-3,6-11,13H2,(H2,18,21). The molecule has 0 bridgehead atoms. The summed E-state index contributed by atoms with van der Waals surface area (Å²) in [4.78, 5) is 29.6. The number of hydrogen-bond donors (Lipinski definition) is 1. The zero-order valence-corrected chi connectivity index (χ0v) is 14.3. The number of thiophene rings is 1. The van der Waals surface area contributed by atoms with E-state index < -0.39 is 0 Å². The van der Waals surface area contributed by atoms with E-state index in [1.54, 1.807) is 11.3 Å². The van der Waals surface area contributed by atoms with Gasteiger partial charge >= 0.3 is 0 Å². The van der Waals surface area contributed by atoms with Gasteiger partial charge in [-0.05, 0) is 24.3 Å². The molecule has 0 radical (unpaired) electrons. The molecule has 2 N–H and O–H groups in total. The van der Waals surface area contributed by atoms with Gasteiger partial charge in [0.1, 0.15) is 0 Å². The Bertz CT molecular complexity index is 544. The Kier molecular flexibility index (Phi) is 5.02. The van der Waals surface area contributed by atoms with Crippen molar-refractivity contribution in [1.29, 1.82) is 0 Å². The zero-order chi connectivity index (χ0) is 16.3. The van der Waals surface area contributed by atoms with Gasteiger partial charge in [-0.3, -0.25) is 14.5 Å². The minimum atomic E-state index is -0.307.